The minimum Gasteiger partial charge on any atom is -0.369 e. The van der Waals surface area contributed by atoms with E-state index in [1.165, 1.54) is 17.7 Å². The van der Waals surface area contributed by atoms with E-state index < -0.39 is 0 Å². The first-order valence-electron chi connectivity index (χ1n) is 9.57. The Balaban J connectivity index is 1.53. The van der Waals surface area contributed by atoms with Crippen molar-refractivity contribution in [1.82, 2.24) is 19.8 Å². The molecule has 7 heteroatoms. The maximum Gasteiger partial charge on any atom is 0.186 e. The number of benzene rings is 3. The number of hydrogen-bond acceptors (Lipinski definition) is 4. The molecule has 30 heavy (non-hydrogen) atoms. The lowest BCUT2D eigenvalue weighted by atomic mass is 10.1. The summed E-state index contributed by atoms with van der Waals surface area (Å²) < 4.78 is 15.1. The van der Waals surface area contributed by atoms with E-state index in [4.69, 9.17) is 16.6 Å². The minimum absolute atomic E-state index is 0.293. The van der Waals surface area contributed by atoms with Crippen LogP contribution in [0.25, 0.3) is 27.8 Å². The third-order valence-corrected chi connectivity index (χ3v) is 5.24. The molecule has 0 aliphatic rings. The SMILES string of the molecule is Fc1ccc(-c2nnn3c2nc(NCCc2ccc(Cl)cc2)c2ccccc23)cc1. The number of fused-ring (bicyclic) bond motifs is 3. The second-order valence-corrected chi connectivity index (χ2v) is 7.40. The number of anilines is 1. The van der Waals surface area contributed by atoms with Gasteiger partial charge in [-0.05, 0) is 60.5 Å². The molecule has 0 atom stereocenters. The largest absolute Gasteiger partial charge is 0.369 e. The molecule has 148 valence electrons. The number of halogens is 2. The maximum atomic E-state index is 13.3. The second-order valence-electron chi connectivity index (χ2n) is 6.96. The van der Waals surface area contributed by atoms with E-state index in [2.05, 4.69) is 15.6 Å². The van der Waals surface area contributed by atoms with Crippen LogP contribution >= 0.6 is 11.6 Å². The molecule has 0 saturated carbocycles. The zero-order valence-corrected chi connectivity index (χ0v) is 16.6. The van der Waals surface area contributed by atoms with Crippen LogP contribution in [0.4, 0.5) is 10.2 Å². The van der Waals surface area contributed by atoms with Gasteiger partial charge in [0.05, 0.1) is 5.52 Å². The summed E-state index contributed by atoms with van der Waals surface area (Å²) in [7, 11) is 0. The highest BCUT2D eigenvalue weighted by molar-refractivity contribution is 6.30. The van der Waals surface area contributed by atoms with E-state index in [9.17, 15) is 4.39 Å². The monoisotopic (exact) mass is 417 g/mol. The molecule has 2 heterocycles. The van der Waals surface area contributed by atoms with Gasteiger partial charge in [0, 0.05) is 22.5 Å². The predicted molar refractivity (Wildman–Crippen MR) is 117 cm³/mol. The van der Waals surface area contributed by atoms with Crippen LogP contribution in [0.3, 0.4) is 0 Å². The van der Waals surface area contributed by atoms with Crippen molar-refractivity contribution >= 4 is 34.0 Å². The summed E-state index contributed by atoms with van der Waals surface area (Å²) in [5.41, 5.74) is 4.09. The Labute approximate surface area is 177 Å². The van der Waals surface area contributed by atoms with Gasteiger partial charge < -0.3 is 5.32 Å². The van der Waals surface area contributed by atoms with Crippen LogP contribution in [-0.2, 0) is 6.42 Å². The molecule has 1 N–H and O–H groups in total. The van der Waals surface area contributed by atoms with Crippen LogP contribution in [0.1, 0.15) is 5.56 Å². The van der Waals surface area contributed by atoms with Crippen molar-refractivity contribution < 1.29 is 4.39 Å². The van der Waals surface area contributed by atoms with Gasteiger partial charge in [-0.25, -0.2) is 9.37 Å². The zero-order valence-electron chi connectivity index (χ0n) is 15.9. The molecule has 2 aromatic heterocycles. The number of para-hydroxylation sites is 1. The summed E-state index contributed by atoms with van der Waals surface area (Å²) in [6.45, 7) is 0.711. The fraction of sp³-hybridized carbons (Fsp3) is 0.0870. The third kappa shape index (κ3) is 3.46. The lowest BCUT2D eigenvalue weighted by Crippen LogP contribution is -2.08. The summed E-state index contributed by atoms with van der Waals surface area (Å²) in [4.78, 5) is 4.82. The summed E-state index contributed by atoms with van der Waals surface area (Å²) >= 11 is 5.97. The zero-order chi connectivity index (χ0) is 20.5. The average molecular weight is 418 g/mol. The molecule has 0 amide bonds. The Morgan fingerprint density at radius 1 is 0.933 bits per heavy atom. The van der Waals surface area contributed by atoms with Gasteiger partial charge in [-0.3, -0.25) is 0 Å². The number of rotatable bonds is 5. The first kappa shape index (κ1) is 18.5. The molecule has 0 saturated heterocycles. The van der Waals surface area contributed by atoms with Crippen LogP contribution in [0.2, 0.25) is 5.02 Å². The molecule has 5 aromatic rings. The predicted octanol–water partition coefficient (Wildman–Crippen LogP) is 5.39. The van der Waals surface area contributed by atoms with E-state index >= 15 is 0 Å². The van der Waals surface area contributed by atoms with Crippen LogP contribution < -0.4 is 5.32 Å². The minimum atomic E-state index is -0.293. The molecule has 0 unspecified atom stereocenters. The quantitative estimate of drug-likeness (QED) is 0.416. The van der Waals surface area contributed by atoms with E-state index in [0.717, 1.165) is 33.7 Å². The van der Waals surface area contributed by atoms with Gasteiger partial charge in [-0.1, -0.05) is 41.1 Å². The highest BCUT2D eigenvalue weighted by Gasteiger charge is 2.15. The standard InChI is InChI=1S/C23H17ClFN5/c24-17-9-5-15(6-10-17)13-14-26-22-19-3-1-2-4-20(19)30-23(27-22)21(28-29-30)16-7-11-18(25)12-8-16/h1-12H,13-14H2,(H,26,27). The second kappa shape index (κ2) is 7.72. The number of hydrogen-bond donors (Lipinski definition) is 1. The molecule has 0 fully saturated rings. The molecule has 0 bridgehead atoms. The highest BCUT2D eigenvalue weighted by Crippen LogP contribution is 2.28. The van der Waals surface area contributed by atoms with E-state index in [1.54, 1.807) is 16.6 Å². The Morgan fingerprint density at radius 2 is 1.70 bits per heavy atom. The first-order chi connectivity index (χ1) is 14.7. The Bertz CT molecular complexity index is 1330. The van der Waals surface area contributed by atoms with E-state index in [-0.39, 0.29) is 5.82 Å². The number of aromatic nitrogens is 4. The smallest absolute Gasteiger partial charge is 0.186 e. The Hall–Kier alpha value is -3.51. The molecule has 0 radical (unpaired) electrons. The molecule has 5 nitrogen and oxygen atoms in total. The summed E-state index contributed by atoms with van der Waals surface area (Å²) in [5.74, 6) is 0.468. The fourth-order valence-corrected chi connectivity index (χ4v) is 3.60. The third-order valence-electron chi connectivity index (χ3n) is 4.99. The van der Waals surface area contributed by atoms with Gasteiger partial charge in [0.1, 0.15) is 17.3 Å². The summed E-state index contributed by atoms with van der Waals surface area (Å²) in [5, 5.41) is 13.7. The summed E-state index contributed by atoms with van der Waals surface area (Å²) in [6, 6.07) is 21.9. The normalized spacial score (nSPS) is 11.3. The highest BCUT2D eigenvalue weighted by atomic mass is 35.5. The summed E-state index contributed by atoms with van der Waals surface area (Å²) in [6.07, 6.45) is 0.834. The van der Waals surface area contributed by atoms with Gasteiger partial charge in [0.15, 0.2) is 5.65 Å². The molecular weight excluding hydrogens is 401 g/mol. The lowest BCUT2D eigenvalue weighted by molar-refractivity contribution is 0.628. The van der Waals surface area contributed by atoms with Crippen molar-refractivity contribution in [2.24, 2.45) is 0 Å². The maximum absolute atomic E-state index is 13.3. The average Bonchev–Trinajstić information content (AvgIpc) is 3.20. The Kier molecular flexibility index (Phi) is 4.77. The van der Waals surface area contributed by atoms with E-state index in [0.29, 0.717) is 17.9 Å². The van der Waals surface area contributed by atoms with Crippen LogP contribution in [0.5, 0.6) is 0 Å². The van der Waals surface area contributed by atoms with Crippen molar-refractivity contribution in [3.63, 3.8) is 0 Å². The number of nitrogens with zero attached hydrogens (tertiary/aromatic N) is 4. The van der Waals surface area contributed by atoms with Gasteiger partial charge in [-0.2, -0.15) is 4.52 Å². The van der Waals surface area contributed by atoms with Gasteiger partial charge in [0.2, 0.25) is 0 Å². The van der Waals surface area contributed by atoms with Crippen molar-refractivity contribution in [1.29, 1.82) is 0 Å². The van der Waals surface area contributed by atoms with Gasteiger partial charge >= 0.3 is 0 Å². The molecule has 0 aliphatic heterocycles. The van der Waals surface area contributed by atoms with Crippen molar-refractivity contribution in [3.8, 4) is 11.3 Å². The van der Waals surface area contributed by atoms with Crippen molar-refractivity contribution in [2.45, 2.75) is 6.42 Å². The van der Waals surface area contributed by atoms with Gasteiger partial charge in [-0.15, -0.1) is 5.10 Å². The van der Waals surface area contributed by atoms with Crippen molar-refractivity contribution in [3.05, 3.63) is 89.2 Å². The van der Waals surface area contributed by atoms with Crippen LogP contribution in [0.15, 0.2) is 72.8 Å². The lowest BCUT2D eigenvalue weighted by Gasteiger charge is -2.10. The molecule has 3 aromatic carbocycles. The Morgan fingerprint density at radius 3 is 2.50 bits per heavy atom. The van der Waals surface area contributed by atoms with Crippen LogP contribution in [0, 0.1) is 5.82 Å². The van der Waals surface area contributed by atoms with E-state index in [1.807, 2.05) is 48.5 Å². The molecule has 0 spiro atoms. The first-order valence-corrected chi connectivity index (χ1v) is 9.95. The van der Waals surface area contributed by atoms with Crippen molar-refractivity contribution in [2.75, 3.05) is 11.9 Å². The molecule has 0 aliphatic carbocycles. The fourth-order valence-electron chi connectivity index (χ4n) is 3.47. The molecular formula is C23H17ClFN5. The van der Waals surface area contributed by atoms with Crippen LogP contribution in [-0.4, -0.2) is 26.4 Å². The van der Waals surface area contributed by atoms with Gasteiger partial charge in [0.25, 0.3) is 0 Å². The molecule has 5 rings (SSSR count). The number of nitrogens with one attached hydrogen (secondary N) is 1. The topological polar surface area (TPSA) is 55.1 Å².